The van der Waals surface area contributed by atoms with Crippen LogP contribution < -0.4 is 11.1 Å². The Kier molecular flexibility index (Phi) is 12.9. The van der Waals surface area contributed by atoms with Crippen LogP contribution in [0.4, 0.5) is 4.79 Å². The van der Waals surface area contributed by atoms with Crippen molar-refractivity contribution >= 4 is 46.2 Å². The first-order valence-corrected chi connectivity index (χ1v) is 14.2. The summed E-state index contributed by atoms with van der Waals surface area (Å²) in [5.74, 6) is -2.34. The minimum Gasteiger partial charge on any atom is -0.492 e. The molecule has 0 saturated heterocycles. The third kappa shape index (κ3) is 8.60. The number of carbonyl (C=O) groups excluding carboxylic acids is 4. The van der Waals surface area contributed by atoms with Gasteiger partial charge >= 0.3 is 6.09 Å². The molecule has 6 atom stereocenters. The van der Waals surface area contributed by atoms with Gasteiger partial charge in [0, 0.05) is 31.3 Å². The molecule has 41 heavy (non-hydrogen) atoms. The Morgan fingerprint density at radius 3 is 2.32 bits per heavy atom. The fraction of sp³-hybridized carbons (Fsp3) is 0.517. The highest BCUT2D eigenvalue weighted by molar-refractivity contribution is 14.1. The monoisotopic (exact) mass is 686 g/mol. The molecule has 226 valence electrons. The molecule has 0 aromatic rings. The lowest BCUT2D eigenvalue weighted by Crippen LogP contribution is -2.37. The smallest absolute Gasteiger partial charge is 0.405 e. The lowest BCUT2D eigenvalue weighted by atomic mass is 9.85. The van der Waals surface area contributed by atoms with E-state index in [1.54, 1.807) is 61.6 Å². The number of primary amides is 1. The third-order valence-electron chi connectivity index (χ3n) is 7.05. The van der Waals surface area contributed by atoms with E-state index in [2.05, 4.69) is 5.32 Å². The van der Waals surface area contributed by atoms with Gasteiger partial charge in [-0.2, -0.15) is 0 Å². The Balaban J connectivity index is 2.65. The molecule has 0 fully saturated rings. The topological polar surface area (TPSA) is 163 Å². The first kappa shape index (κ1) is 34.4. The van der Waals surface area contributed by atoms with Gasteiger partial charge < -0.3 is 35.1 Å². The molecule has 1 aliphatic carbocycles. The second-order valence-corrected chi connectivity index (χ2v) is 11.3. The number of fused-ring (bicyclic) bond motifs is 2. The van der Waals surface area contributed by atoms with Gasteiger partial charge in [0.1, 0.15) is 11.8 Å². The van der Waals surface area contributed by atoms with Crippen molar-refractivity contribution in [2.45, 2.75) is 65.0 Å². The quantitative estimate of drug-likeness (QED) is 0.229. The van der Waals surface area contributed by atoms with E-state index < -0.39 is 53.9 Å². The van der Waals surface area contributed by atoms with Gasteiger partial charge in [-0.15, -0.1) is 0 Å². The number of carbonyl (C=O) groups is 4. The number of nitrogens with one attached hydrogen (secondary N) is 1. The average molecular weight is 687 g/mol. The summed E-state index contributed by atoms with van der Waals surface area (Å²) < 4.78 is 21.9. The van der Waals surface area contributed by atoms with E-state index in [0.29, 0.717) is 12.0 Å². The summed E-state index contributed by atoms with van der Waals surface area (Å²) in [7, 11) is 4.23. The van der Waals surface area contributed by atoms with Crippen LogP contribution in [-0.2, 0) is 33.3 Å². The van der Waals surface area contributed by atoms with E-state index in [9.17, 15) is 24.3 Å². The molecule has 0 aromatic heterocycles. The van der Waals surface area contributed by atoms with Gasteiger partial charge in [-0.1, -0.05) is 38.2 Å². The first-order valence-electron chi connectivity index (χ1n) is 13.1. The molecule has 12 heteroatoms. The number of ether oxygens (including phenoxy) is 4. The minimum atomic E-state index is -1.00. The van der Waals surface area contributed by atoms with E-state index in [1.165, 1.54) is 27.4 Å². The number of aliphatic hydroxyl groups excluding tert-OH is 1. The van der Waals surface area contributed by atoms with E-state index in [1.807, 2.05) is 6.92 Å². The van der Waals surface area contributed by atoms with Crippen molar-refractivity contribution in [2.75, 3.05) is 21.3 Å². The number of allylic oxidation sites excluding steroid dienone is 4. The van der Waals surface area contributed by atoms with Crippen LogP contribution in [0.5, 0.6) is 0 Å². The predicted molar refractivity (Wildman–Crippen MR) is 160 cm³/mol. The third-order valence-corrected chi connectivity index (χ3v) is 8.08. The highest BCUT2D eigenvalue weighted by Gasteiger charge is 2.37. The molecule has 0 saturated carbocycles. The van der Waals surface area contributed by atoms with E-state index in [4.69, 9.17) is 24.7 Å². The van der Waals surface area contributed by atoms with Crippen LogP contribution in [0.2, 0.25) is 0 Å². The number of rotatable bonds is 4. The highest BCUT2D eigenvalue weighted by atomic mass is 127. The van der Waals surface area contributed by atoms with Crippen molar-refractivity contribution < 1.29 is 43.2 Å². The number of hydrogen-bond acceptors (Lipinski definition) is 9. The van der Waals surface area contributed by atoms with Crippen LogP contribution >= 0.6 is 22.6 Å². The number of methoxy groups -OCH3 is 3. The normalized spacial score (nSPS) is 29.1. The van der Waals surface area contributed by atoms with Gasteiger partial charge in [-0.25, -0.2) is 4.79 Å². The van der Waals surface area contributed by atoms with Crippen LogP contribution in [0, 0.1) is 11.8 Å². The zero-order valence-electron chi connectivity index (χ0n) is 24.4. The zero-order chi connectivity index (χ0) is 31.0. The van der Waals surface area contributed by atoms with Crippen LogP contribution in [-0.4, -0.2) is 74.4 Å². The Hall–Kier alpha value is -2.81. The first-order chi connectivity index (χ1) is 19.3. The van der Waals surface area contributed by atoms with E-state index in [0.717, 1.165) is 0 Å². The van der Waals surface area contributed by atoms with Gasteiger partial charge in [0.15, 0.2) is 11.9 Å². The lowest BCUT2D eigenvalue weighted by molar-refractivity contribution is -0.121. The zero-order valence-corrected chi connectivity index (χ0v) is 26.5. The van der Waals surface area contributed by atoms with Gasteiger partial charge in [-0.05, 0) is 60.8 Å². The average Bonchev–Trinajstić information content (AvgIpc) is 2.92. The van der Waals surface area contributed by atoms with Crippen LogP contribution in [0.1, 0.15) is 40.5 Å². The molecular formula is C29H39IN2O9. The number of aliphatic hydroxyl groups is 1. The summed E-state index contributed by atoms with van der Waals surface area (Å²) in [5.41, 5.74) is 6.17. The summed E-state index contributed by atoms with van der Waals surface area (Å²) in [6, 6.07) is 0. The Labute approximate surface area is 254 Å². The number of Topliss-reactive ketones (excluding diaryl/α,β-unsaturated/α-hetero) is 2. The van der Waals surface area contributed by atoms with E-state index >= 15 is 0 Å². The Morgan fingerprint density at radius 1 is 1.10 bits per heavy atom. The molecule has 1 aliphatic heterocycles. The lowest BCUT2D eigenvalue weighted by Gasteiger charge is -2.30. The standard InChI is InChI=1S/C29H39IN2O9/c1-14-11-18-24(34)22(21(30)25(35)27(18)40-7)32-28(36)15(2)9-8-10-19(38-5)26(41-29(31)37)17(4)13-16(3)23(33)20(12-14)39-6/h8-10,13-14,16,19-20,23,26,33H,11-12H2,1-7H3,(H2,31,37)(H,32,36). The van der Waals surface area contributed by atoms with Crippen molar-refractivity contribution in [3.8, 4) is 0 Å². The predicted octanol–water partition coefficient (Wildman–Crippen LogP) is 3.17. The summed E-state index contributed by atoms with van der Waals surface area (Å²) in [6.45, 7) is 6.94. The maximum Gasteiger partial charge on any atom is 0.405 e. The number of halogens is 1. The van der Waals surface area contributed by atoms with Crippen LogP contribution in [0.25, 0.3) is 0 Å². The maximum atomic E-state index is 13.5. The van der Waals surface area contributed by atoms with Crippen molar-refractivity contribution in [2.24, 2.45) is 17.6 Å². The highest BCUT2D eigenvalue weighted by Crippen LogP contribution is 2.33. The number of amides is 2. The van der Waals surface area contributed by atoms with Crippen LogP contribution in [0.3, 0.4) is 0 Å². The Bertz CT molecular complexity index is 1200. The van der Waals surface area contributed by atoms with Crippen molar-refractivity contribution in [1.29, 1.82) is 0 Å². The van der Waals surface area contributed by atoms with Gasteiger partial charge in [0.2, 0.25) is 11.6 Å². The second kappa shape index (κ2) is 15.4. The molecule has 0 spiro atoms. The molecule has 0 aromatic carbocycles. The summed E-state index contributed by atoms with van der Waals surface area (Å²) in [5, 5.41) is 13.8. The van der Waals surface area contributed by atoms with Crippen molar-refractivity contribution in [3.05, 3.63) is 56.1 Å². The van der Waals surface area contributed by atoms with Crippen molar-refractivity contribution in [1.82, 2.24) is 5.32 Å². The molecule has 4 N–H and O–H groups in total. The summed E-state index contributed by atoms with van der Waals surface area (Å²) in [4.78, 5) is 51.3. The molecule has 6 unspecified atom stereocenters. The molecule has 11 nitrogen and oxygen atoms in total. The van der Waals surface area contributed by atoms with E-state index in [-0.39, 0.29) is 38.5 Å². The Morgan fingerprint density at radius 2 is 1.76 bits per heavy atom. The molecule has 0 radical (unpaired) electrons. The molecular weight excluding hydrogens is 647 g/mol. The SMILES string of the molecule is COC1=C2CC(C)CC(OC)C(O)C(C)C=C(C)C(OC(N)=O)C(OC)C=CC=C(C)C(=O)NC(=C(I)C1=O)C2=O. The van der Waals surface area contributed by atoms with Crippen molar-refractivity contribution in [3.63, 3.8) is 0 Å². The number of hydrogen-bond donors (Lipinski definition) is 3. The second-order valence-electron chi connectivity index (χ2n) is 10.2. The van der Waals surface area contributed by atoms with Gasteiger partial charge in [-0.3, -0.25) is 14.4 Å². The fourth-order valence-corrected chi connectivity index (χ4v) is 5.44. The fourth-order valence-electron chi connectivity index (χ4n) is 4.81. The summed E-state index contributed by atoms with van der Waals surface area (Å²) >= 11 is 1.73. The van der Waals surface area contributed by atoms with Gasteiger partial charge in [0.05, 0.1) is 22.9 Å². The van der Waals surface area contributed by atoms with Crippen LogP contribution in [0.15, 0.2) is 56.1 Å². The molecule has 1 heterocycles. The molecule has 2 aliphatic rings. The largest absolute Gasteiger partial charge is 0.492 e. The minimum absolute atomic E-state index is 0.0369. The molecule has 2 rings (SSSR count). The number of nitrogens with two attached hydrogens (primary N) is 1. The maximum absolute atomic E-state index is 13.5. The van der Waals surface area contributed by atoms with Gasteiger partial charge in [0.25, 0.3) is 5.91 Å². The summed E-state index contributed by atoms with van der Waals surface area (Å²) in [6.07, 6.45) is 2.56. The molecule has 2 amide bonds. The number of ketones is 2. The molecule has 2 bridgehead atoms.